The number of anilines is 1. The van der Waals surface area contributed by atoms with Gasteiger partial charge < -0.3 is 5.73 Å². The number of nitrogen functional groups attached to an aromatic ring is 1. The number of rotatable bonds is 6. The molecule has 4 nitrogen and oxygen atoms in total. The number of sulfonamides is 1. The maximum atomic E-state index is 12.0. The molecule has 0 aliphatic heterocycles. The molecule has 2 aromatic carbocycles. The van der Waals surface area contributed by atoms with Gasteiger partial charge in [0.25, 0.3) is 0 Å². The maximum Gasteiger partial charge on any atom is 0.240 e. The van der Waals surface area contributed by atoms with Gasteiger partial charge in [-0.1, -0.05) is 24.3 Å². The lowest BCUT2D eigenvalue weighted by molar-refractivity contribution is 0.584. The molecule has 0 unspecified atom stereocenters. The van der Waals surface area contributed by atoms with Gasteiger partial charge >= 0.3 is 0 Å². The Morgan fingerprint density at radius 1 is 1.05 bits per heavy atom. The molecule has 2 aromatic rings. The number of benzene rings is 2. The molecule has 0 spiro atoms. The van der Waals surface area contributed by atoms with E-state index < -0.39 is 10.0 Å². The molecule has 0 heterocycles. The highest BCUT2D eigenvalue weighted by atomic mass is 32.2. The number of nitrogens with two attached hydrogens (primary N) is 1. The Bertz CT molecular complexity index is 658. The van der Waals surface area contributed by atoms with Crippen LogP contribution in [0.15, 0.2) is 64.4 Å². The minimum atomic E-state index is -3.48. The average molecular weight is 308 g/mol. The Hall–Kier alpha value is -1.50. The van der Waals surface area contributed by atoms with E-state index in [1.165, 1.54) is 12.1 Å². The summed E-state index contributed by atoms with van der Waals surface area (Å²) in [6, 6.07) is 16.1. The molecule has 0 saturated carbocycles. The van der Waals surface area contributed by atoms with Crippen molar-refractivity contribution in [3.63, 3.8) is 0 Å². The van der Waals surface area contributed by atoms with E-state index in [0.29, 0.717) is 18.0 Å². The van der Waals surface area contributed by atoms with Crippen LogP contribution in [-0.2, 0) is 10.0 Å². The third-order valence-electron chi connectivity index (χ3n) is 2.57. The fourth-order valence-corrected chi connectivity index (χ4v) is 3.63. The number of thioether (sulfide) groups is 1. The Balaban J connectivity index is 1.87. The Morgan fingerprint density at radius 2 is 1.80 bits per heavy atom. The first-order valence-corrected chi connectivity index (χ1v) is 8.58. The van der Waals surface area contributed by atoms with Crippen molar-refractivity contribution in [3.8, 4) is 0 Å². The van der Waals surface area contributed by atoms with E-state index in [-0.39, 0.29) is 4.90 Å². The van der Waals surface area contributed by atoms with Crippen LogP contribution < -0.4 is 10.5 Å². The van der Waals surface area contributed by atoms with Gasteiger partial charge in [-0.3, -0.25) is 0 Å². The van der Waals surface area contributed by atoms with E-state index in [4.69, 9.17) is 5.73 Å². The molecule has 0 aliphatic carbocycles. The highest BCUT2D eigenvalue weighted by molar-refractivity contribution is 7.99. The quantitative estimate of drug-likeness (QED) is 0.488. The molecule has 0 bridgehead atoms. The van der Waals surface area contributed by atoms with Gasteiger partial charge in [0.15, 0.2) is 0 Å². The van der Waals surface area contributed by atoms with Crippen molar-refractivity contribution in [1.82, 2.24) is 4.72 Å². The normalized spacial score (nSPS) is 11.4. The summed E-state index contributed by atoms with van der Waals surface area (Å²) in [4.78, 5) is 1.32. The first-order chi connectivity index (χ1) is 9.58. The monoisotopic (exact) mass is 308 g/mol. The standard InChI is InChI=1S/C14H16N2O2S2/c15-12-5-4-8-14(11-12)20(17,18)16-9-10-19-13-6-2-1-3-7-13/h1-8,11,16H,9-10,15H2. The third-order valence-corrected chi connectivity index (χ3v) is 5.05. The van der Waals surface area contributed by atoms with Crippen molar-refractivity contribution in [2.45, 2.75) is 9.79 Å². The number of hydrogen-bond donors (Lipinski definition) is 2. The van der Waals surface area contributed by atoms with Crippen molar-refractivity contribution >= 4 is 27.5 Å². The zero-order valence-corrected chi connectivity index (χ0v) is 12.5. The van der Waals surface area contributed by atoms with Crippen LogP contribution in [-0.4, -0.2) is 20.7 Å². The number of nitrogens with one attached hydrogen (secondary N) is 1. The van der Waals surface area contributed by atoms with Crippen molar-refractivity contribution in [2.75, 3.05) is 18.0 Å². The first-order valence-electron chi connectivity index (χ1n) is 6.11. The fraction of sp³-hybridized carbons (Fsp3) is 0.143. The summed E-state index contributed by atoms with van der Waals surface area (Å²) in [6.07, 6.45) is 0. The minimum Gasteiger partial charge on any atom is -0.399 e. The molecule has 0 aliphatic rings. The molecule has 0 atom stereocenters. The largest absolute Gasteiger partial charge is 0.399 e. The van der Waals surface area contributed by atoms with Crippen molar-refractivity contribution in [2.24, 2.45) is 0 Å². The second-order valence-corrected chi connectivity index (χ2v) is 7.07. The molecule has 0 radical (unpaired) electrons. The van der Waals surface area contributed by atoms with Gasteiger partial charge in [-0.2, -0.15) is 0 Å². The molecule has 0 aromatic heterocycles. The van der Waals surface area contributed by atoms with Crippen LogP contribution in [0, 0.1) is 0 Å². The molecule has 0 fully saturated rings. The molecule has 2 rings (SSSR count). The average Bonchev–Trinajstić information content (AvgIpc) is 2.45. The SMILES string of the molecule is Nc1cccc(S(=O)(=O)NCCSc2ccccc2)c1. The predicted octanol–water partition coefficient (Wildman–Crippen LogP) is 2.34. The summed E-state index contributed by atoms with van der Waals surface area (Å²) in [7, 11) is -3.48. The molecular formula is C14H16N2O2S2. The lowest BCUT2D eigenvalue weighted by atomic mass is 10.3. The Labute approximate surface area is 123 Å². The summed E-state index contributed by atoms with van der Waals surface area (Å²) in [6.45, 7) is 0.372. The second kappa shape index (κ2) is 6.78. The van der Waals surface area contributed by atoms with E-state index in [0.717, 1.165) is 4.90 Å². The molecule has 0 saturated heterocycles. The van der Waals surface area contributed by atoms with E-state index in [1.807, 2.05) is 30.3 Å². The summed E-state index contributed by atoms with van der Waals surface area (Å²) in [5.74, 6) is 0.672. The molecule has 0 amide bonds. The van der Waals surface area contributed by atoms with Gasteiger partial charge in [0.2, 0.25) is 10.0 Å². The summed E-state index contributed by atoms with van der Waals surface area (Å²) < 4.78 is 26.6. The molecule has 3 N–H and O–H groups in total. The first kappa shape index (κ1) is 14.9. The van der Waals surface area contributed by atoms with Crippen LogP contribution in [0.5, 0.6) is 0 Å². The minimum absolute atomic E-state index is 0.196. The predicted molar refractivity (Wildman–Crippen MR) is 83.2 cm³/mol. The van der Waals surface area contributed by atoms with Gasteiger partial charge in [0.1, 0.15) is 0 Å². The van der Waals surface area contributed by atoms with Crippen LogP contribution in [0.25, 0.3) is 0 Å². The second-order valence-electron chi connectivity index (χ2n) is 4.13. The van der Waals surface area contributed by atoms with Crippen LogP contribution in [0.4, 0.5) is 5.69 Å². The summed E-state index contributed by atoms with van der Waals surface area (Å²) >= 11 is 1.61. The van der Waals surface area contributed by atoms with Crippen LogP contribution in [0.3, 0.4) is 0 Å². The van der Waals surface area contributed by atoms with E-state index in [9.17, 15) is 8.42 Å². The van der Waals surface area contributed by atoms with Gasteiger partial charge in [-0.25, -0.2) is 13.1 Å². The van der Waals surface area contributed by atoms with E-state index in [2.05, 4.69) is 4.72 Å². The van der Waals surface area contributed by atoms with Crippen molar-refractivity contribution in [1.29, 1.82) is 0 Å². The molecule has 6 heteroatoms. The highest BCUT2D eigenvalue weighted by Gasteiger charge is 2.13. The zero-order chi connectivity index (χ0) is 14.4. The molecule has 106 valence electrons. The fourth-order valence-electron chi connectivity index (χ4n) is 1.63. The third kappa shape index (κ3) is 4.26. The van der Waals surface area contributed by atoms with Crippen LogP contribution in [0.2, 0.25) is 0 Å². The van der Waals surface area contributed by atoms with Crippen LogP contribution >= 0.6 is 11.8 Å². The summed E-state index contributed by atoms with van der Waals surface area (Å²) in [5.41, 5.74) is 6.03. The number of hydrogen-bond acceptors (Lipinski definition) is 4. The summed E-state index contributed by atoms with van der Waals surface area (Å²) in [5, 5.41) is 0. The van der Waals surface area contributed by atoms with Gasteiger partial charge in [-0.15, -0.1) is 11.8 Å². The highest BCUT2D eigenvalue weighted by Crippen LogP contribution is 2.16. The van der Waals surface area contributed by atoms with Gasteiger partial charge in [-0.05, 0) is 30.3 Å². The van der Waals surface area contributed by atoms with Gasteiger partial charge in [0, 0.05) is 22.9 Å². The Kier molecular flexibility index (Phi) is 5.05. The lowest BCUT2D eigenvalue weighted by Gasteiger charge is -2.07. The lowest BCUT2D eigenvalue weighted by Crippen LogP contribution is -2.26. The Morgan fingerprint density at radius 3 is 2.50 bits per heavy atom. The maximum absolute atomic E-state index is 12.0. The van der Waals surface area contributed by atoms with E-state index >= 15 is 0 Å². The van der Waals surface area contributed by atoms with Gasteiger partial charge in [0.05, 0.1) is 4.90 Å². The topological polar surface area (TPSA) is 72.2 Å². The zero-order valence-electron chi connectivity index (χ0n) is 10.8. The van der Waals surface area contributed by atoms with Crippen LogP contribution in [0.1, 0.15) is 0 Å². The van der Waals surface area contributed by atoms with Crippen molar-refractivity contribution in [3.05, 3.63) is 54.6 Å². The van der Waals surface area contributed by atoms with E-state index in [1.54, 1.807) is 23.9 Å². The smallest absolute Gasteiger partial charge is 0.240 e. The molecular weight excluding hydrogens is 292 g/mol. The van der Waals surface area contributed by atoms with Crippen molar-refractivity contribution < 1.29 is 8.42 Å². The molecule has 20 heavy (non-hydrogen) atoms.